The first-order chi connectivity index (χ1) is 22.9. The SMILES string of the molecule is CCCCCN1C/C=C\CCC(=O)N[C@H](COC)[C@@H](c2ccccc2)OC(=O)[C@@H]2[C@@H]3C=C[C@]4(O3)[C@H](C1=O)N(CCCCCO)C(=O)[C@@H]24. The number of aliphatic hydroxyl groups excluding tert-OH is 1. The summed E-state index contributed by atoms with van der Waals surface area (Å²) in [5.41, 5.74) is -0.628. The molecule has 256 valence electrons. The number of allylic oxidation sites excluding steroid dienone is 1. The molecule has 0 radical (unpaired) electrons. The zero-order valence-corrected chi connectivity index (χ0v) is 27.6. The van der Waals surface area contributed by atoms with Crippen LogP contribution in [0.4, 0.5) is 0 Å². The number of esters is 1. The van der Waals surface area contributed by atoms with Crippen LogP contribution in [0.2, 0.25) is 0 Å². The molecule has 2 saturated heterocycles. The summed E-state index contributed by atoms with van der Waals surface area (Å²) in [7, 11) is 1.52. The van der Waals surface area contributed by atoms with Crippen molar-refractivity contribution in [2.24, 2.45) is 11.8 Å². The predicted octanol–water partition coefficient (Wildman–Crippen LogP) is 3.08. The summed E-state index contributed by atoms with van der Waals surface area (Å²) in [6.45, 7) is 3.40. The fraction of sp³-hybridized carbons (Fsp3) is 0.611. The van der Waals surface area contributed by atoms with Crippen LogP contribution in [0.25, 0.3) is 0 Å². The molecule has 0 aromatic heterocycles. The van der Waals surface area contributed by atoms with E-state index < -0.39 is 47.7 Å². The maximum Gasteiger partial charge on any atom is 0.313 e. The van der Waals surface area contributed by atoms with Gasteiger partial charge in [0.15, 0.2) is 0 Å². The highest BCUT2D eigenvalue weighted by Crippen LogP contribution is 2.56. The van der Waals surface area contributed by atoms with Crippen LogP contribution in [0, 0.1) is 11.8 Å². The molecule has 1 aromatic carbocycles. The third kappa shape index (κ3) is 7.32. The topological polar surface area (TPSA) is 135 Å². The number of hydrogen-bond donors (Lipinski definition) is 2. The van der Waals surface area contributed by atoms with Crippen molar-refractivity contribution in [3.8, 4) is 0 Å². The molecule has 3 amide bonds. The van der Waals surface area contributed by atoms with E-state index in [2.05, 4.69) is 12.2 Å². The average molecular weight is 652 g/mol. The van der Waals surface area contributed by atoms with Crippen LogP contribution in [0.15, 0.2) is 54.6 Å². The van der Waals surface area contributed by atoms with Gasteiger partial charge in [-0.25, -0.2) is 0 Å². The minimum absolute atomic E-state index is 0.0505. The van der Waals surface area contributed by atoms with Gasteiger partial charge in [0.1, 0.15) is 23.7 Å². The van der Waals surface area contributed by atoms with Gasteiger partial charge in [-0.1, -0.05) is 74.4 Å². The van der Waals surface area contributed by atoms with Gasteiger partial charge in [-0.15, -0.1) is 0 Å². The Kier molecular flexibility index (Phi) is 11.9. The maximum atomic E-state index is 14.6. The molecule has 1 spiro atoms. The first-order valence-corrected chi connectivity index (χ1v) is 17.1. The molecule has 2 fully saturated rings. The summed E-state index contributed by atoms with van der Waals surface area (Å²) in [5, 5.41) is 12.4. The van der Waals surface area contributed by atoms with E-state index >= 15 is 0 Å². The van der Waals surface area contributed by atoms with Gasteiger partial charge < -0.3 is 34.4 Å². The van der Waals surface area contributed by atoms with Crippen molar-refractivity contribution in [1.82, 2.24) is 15.1 Å². The number of unbranched alkanes of at least 4 members (excludes halogenated alkanes) is 4. The van der Waals surface area contributed by atoms with E-state index in [1.807, 2.05) is 48.6 Å². The van der Waals surface area contributed by atoms with Crippen molar-refractivity contribution in [1.29, 1.82) is 0 Å². The Labute approximate surface area is 277 Å². The van der Waals surface area contributed by atoms with Crippen molar-refractivity contribution < 1.29 is 38.5 Å². The smallest absolute Gasteiger partial charge is 0.313 e. The molecule has 11 heteroatoms. The second-order valence-electron chi connectivity index (χ2n) is 12.9. The van der Waals surface area contributed by atoms with E-state index in [0.29, 0.717) is 50.9 Å². The van der Waals surface area contributed by atoms with E-state index in [1.165, 1.54) is 7.11 Å². The van der Waals surface area contributed by atoms with Crippen LogP contribution in [0.1, 0.15) is 70.0 Å². The minimum Gasteiger partial charge on any atom is -0.455 e. The van der Waals surface area contributed by atoms with Gasteiger partial charge in [0.05, 0.1) is 24.7 Å². The molecule has 1 aromatic rings. The summed E-state index contributed by atoms with van der Waals surface area (Å²) in [6, 6.07) is 7.55. The van der Waals surface area contributed by atoms with Crippen LogP contribution in [0.5, 0.6) is 0 Å². The highest BCUT2D eigenvalue weighted by atomic mass is 16.6. The zero-order valence-electron chi connectivity index (χ0n) is 27.6. The molecule has 4 aliphatic heterocycles. The quantitative estimate of drug-likeness (QED) is 0.200. The number of aliphatic hydroxyl groups is 1. The molecule has 7 atom stereocenters. The normalized spacial score (nSPS) is 31.6. The first-order valence-electron chi connectivity index (χ1n) is 17.1. The van der Waals surface area contributed by atoms with Crippen LogP contribution < -0.4 is 5.32 Å². The number of ether oxygens (including phenoxy) is 3. The Balaban J connectivity index is 1.55. The first kappa shape index (κ1) is 34.8. The molecular weight excluding hydrogens is 602 g/mol. The van der Waals surface area contributed by atoms with Gasteiger partial charge in [-0.2, -0.15) is 0 Å². The summed E-state index contributed by atoms with van der Waals surface area (Å²) >= 11 is 0. The van der Waals surface area contributed by atoms with E-state index in [0.717, 1.165) is 19.3 Å². The predicted molar refractivity (Wildman–Crippen MR) is 174 cm³/mol. The summed E-state index contributed by atoms with van der Waals surface area (Å²) < 4.78 is 18.3. The van der Waals surface area contributed by atoms with Crippen molar-refractivity contribution >= 4 is 23.7 Å². The Hall–Kier alpha value is -3.54. The Morgan fingerprint density at radius 3 is 2.53 bits per heavy atom. The van der Waals surface area contributed by atoms with Gasteiger partial charge >= 0.3 is 5.97 Å². The van der Waals surface area contributed by atoms with E-state index in [-0.39, 0.29) is 37.4 Å². The average Bonchev–Trinajstić information content (AvgIpc) is 3.71. The second kappa shape index (κ2) is 16.0. The number of cyclic esters (lactones) is 1. The van der Waals surface area contributed by atoms with Crippen LogP contribution in [0.3, 0.4) is 0 Å². The van der Waals surface area contributed by atoms with Gasteiger partial charge in [0, 0.05) is 39.8 Å². The second-order valence-corrected chi connectivity index (χ2v) is 12.9. The van der Waals surface area contributed by atoms with Crippen LogP contribution in [-0.2, 0) is 33.4 Å². The van der Waals surface area contributed by atoms with Crippen LogP contribution in [-0.4, -0.2) is 102 Å². The van der Waals surface area contributed by atoms with Crippen LogP contribution >= 0.6 is 0 Å². The summed E-state index contributed by atoms with van der Waals surface area (Å²) in [6.07, 6.45) is 11.1. The standard InChI is InChI=1S/C36H49N3O8/c1-3-4-11-20-38-21-12-6-10-17-28(41)37-26(24-45-2)31(25-15-8-5-9-16-25)46-35(44)29-27-18-19-36(47-27)30(29)33(42)39(32(36)34(38)43)22-13-7-14-23-40/h5-6,8-9,12,15-16,18-19,26-27,29-32,40H,3-4,7,10-11,13-14,17,20-24H2,1-2H3,(H,37,41)/b12-6-/t26-,27+,29-,30-,31-,32+,36-/m1/s1. The molecule has 0 unspecified atom stereocenters. The molecular formula is C36H49N3O8. The van der Waals surface area contributed by atoms with Gasteiger partial charge in [0.25, 0.3) is 0 Å². The van der Waals surface area contributed by atoms with Crippen molar-refractivity contribution in [3.05, 3.63) is 60.2 Å². The fourth-order valence-electron chi connectivity index (χ4n) is 7.47. The monoisotopic (exact) mass is 651 g/mol. The maximum absolute atomic E-state index is 14.6. The number of likely N-dealkylation sites (tertiary alicyclic amines) is 1. The molecule has 0 aliphatic carbocycles. The number of hydrogen-bond acceptors (Lipinski definition) is 8. The number of nitrogens with zero attached hydrogens (tertiary/aromatic N) is 2. The number of methoxy groups -OCH3 is 1. The molecule has 5 bridgehead atoms. The number of carbonyl (C=O) groups excluding carboxylic acids is 4. The molecule has 2 N–H and O–H groups in total. The third-order valence-electron chi connectivity index (χ3n) is 9.74. The number of fused-ring (bicyclic) bond motifs is 2. The highest BCUT2D eigenvalue weighted by molar-refractivity contribution is 5.99. The lowest BCUT2D eigenvalue weighted by molar-refractivity contribution is -0.162. The Bertz CT molecular complexity index is 1320. The number of rotatable bonds is 12. The Morgan fingerprint density at radius 2 is 1.79 bits per heavy atom. The molecule has 4 aliphatic rings. The molecule has 47 heavy (non-hydrogen) atoms. The van der Waals surface area contributed by atoms with Gasteiger partial charge in [-0.3, -0.25) is 19.2 Å². The molecule has 0 saturated carbocycles. The van der Waals surface area contributed by atoms with E-state index in [4.69, 9.17) is 14.2 Å². The zero-order chi connectivity index (χ0) is 33.4. The van der Waals surface area contributed by atoms with Crippen molar-refractivity contribution in [2.45, 2.75) is 88.2 Å². The highest BCUT2D eigenvalue weighted by Gasteiger charge is 2.73. The lowest BCUT2D eigenvalue weighted by Gasteiger charge is -2.36. The number of benzene rings is 1. The summed E-state index contributed by atoms with van der Waals surface area (Å²) in [4.78, 5) is 59.8. The Morgan fingerprint density at radius 1 is 1.00 bits per heavy atom. The fourth-order valence-corrected chi connectivity index (χ4v) is 7.47. The number of nitrogens with one attached hydrogen (secondary N) is 1. The number of amides is 3. The molecule has 4 heterocycles. The van der Waals surface area contributed by atoms with E-state index in [9.17, 15) is 24.3 Å². The van der Waals surface area contributed by atoms with Crippen molar-refractivity contribution in [2.75, 3.05) is 40.0 Å². The third-order valence-corrected chi connectivity index (χ3v) is 9.74. The van der Waals surface area contributed by atoms with E-state index in [1.54, 1.807) is 15.9 Å². The summed E-state index contributed by atoms with van der Waals surface area (Å²) in [5.74, 6) is -3.27. The molecule has 11 nitrogen and oxygen atoms in total. The van der Waals surface area contributed by atoms with Gasteiger partial charge in [-0.05, 0) is 37.7 Å². The lowest BCUT2D eigenvalue weighted by Crippen LogP contribution is -2.56. The largest absolute Gasteiger partial charge is 0.455 e. The van der Waals surface area contributed by atoms with Crippen molar-refractivity contribution in [3.63, 3.8) is 0 Å². The minimum atomic E-state index is -1.30. The molecule has 5 rings (SSSR count). The lowest BCUT2D eigenvalue weighted by atomic mass is 9.74. The number of carbonyl (C=O) groups is 4. The van der Waals surface area contributed by atoms with Gasteiger partial charge in [0.2, 0.25) is 17.7 Å².